The van der Waals surface area contributed by atoms with E-state index in [1.54, 1.807) is 12.1 Å². The molecule has 0 radical (unpaired) electrons. The molecule has 1 aromatic carbocycles. The molecule has 1 rings (SSSR count). The molecular formula is C16H26N2O4. The Morgan fingerprint density at radius 2 is 1.59 bits per heavy atom. The van der Waals surface area contributed by atoms with Gasteiger partial charge in [0.05, 0.1) is 19.8 Å². The van der Waals surface area contributed by atoms with Gasteiger partial charge in [0.15, 0.2) is 11.5 Å². The fraction of sp³-hybridized carbons (Fsp3) is 0.562. The first kappa shape index (κ1) is 18.1. The summed E-state index contributed by atoms with van der Waals surface area (Å²) < 4.78 is 16.8. The van der Waals surface area contributed by atoms with Gasteiger partial charge in [-0.15, -0.1) is 0 Å². The van der Waals surface area contributed by atoms with Crippen molar-refractivity contribution in [2.45, 2.75) is 33.7 Å². The number of carbonyl (C=O) groups excluding carboxylic acids is 1. The molecule has 22 heavy (non-hydrogen) atoms. The molecule has 0 fully saturated rings. The standard InChI is InChI=1S/C16H26N2O4/c1-5-20-13-8-12(16(19)18-11(4)10-17)9-14(21-6-2)15(13)22-7-3/h8-9,11H,5-7,10,17H2,1-4H3,(H,18,19)/t11-/m0/s1. The van der Waals surface area contributed by atoms with Crippen LogP contribution in [0.15, 0.2) is 12.1 Å². The molecule has 0 bridgehead atoms. The van der Waals surface area contributed by atoms with Crippen molar-refractivity contribution in [2.75, 3.05) is 26.4 Å². The number of nitrogens with one attached hydrogen (secondary N) is 1. The first-order valence-electron chi connectivity index (χ1n) is 7.64. The Hall–Kier alpha value is -1.95. The number of carbonyl (C=O) groups is 1. The average Bonchev–Trinajstić information content (AvgIpc) is 2.50. The van der Waals surface area contributed by atoms with Gasteiger partial charge in [0.1, 0.15) is 0 Å². The second kappa shape index (κ2) is 9.15. The van der Waals surface area contributed by atoms with Crippen LogP contribution in [-0.2, 0) is 0 Å². The molecule has 6 heteroatoms. The first-order valence-corrected chi connectivity index (χ1v) is 7.64. The van der Waals surface area contributed by atoms with Gasteiger partial charge in [-0.3, -0.25) is 4.79 Å². The van der Waals surface area contributed by atoms with Crippen molar-refractivity contribution >= 4 is 5.91 Å². The maximum Gasteiger partial charge on any atom is 0.251 e. The fourth-order valence-corrected chi connectivity index (χ4v) is 1.89. The summed E-state index contributed by atoms with van der Waals surface area (Å²) >= 11 is 0. The lowest BCUT2D eigenvalue weighted by molar-refractivity contribution is 0.0940. The molecule has 0 heterocycles. The Morgan fingerprint density at radius 1 is 1.09 bits per heavy atom. The van der Waals surface area contributed by atoms with E-state index in [0.29, 0.717) is 49.2 Å². The van der Waals surface area contributed by atoms with E-state index in [1.165, 1.54) is 0 Å². The van der Waals surface area contributed by atoms with Crippen LogP contribution in [0.25, 0.3) is 0 Å². The summed E-state index contributed by atoms with van der Waals surface area (Å²) in [6, 6.07) is 3.22. The van der Waals surface area contributed by atoms with Crippen molar-refractivity contribution in [3.63, 3.8) is 0 Å². The van der Waals surface area contributed by atoms with E-state index in [9.17, 15) is 4.79 Å². The first-order chi connectivity index (χ1) is 10.6. The van der Waals surface area contributed by atoms with Gasteiger partial charge < -0.3 is 25.3 Å². The van der Waals surface area contributed by atoms with E-state index in [-0.39, 0.29) is 11.9 Å². The number of rotatable bonds is 9. The summed E-state index contributed by atoms with van der Waals surface area (Å²) in [6.07, 6.45) is 0. The highest BCUT2D eigenvalue weighted by Crippen LogP contribution is 2.39. The zero-order valence-corrected chi connectivity index (χ0v) is 13.8. The molecule has 1 aromatic rings. The normalized spacial score (nSPS) is 11.7. The Kier molecular flexibility index (Phi) is 7.52. The van der Waals surface area contributed by atoms with E-state index in [0.717, 1.165) is 0 Å². The van der Waals surface area contributed by atoms with Crippen LogP contribution in [0.2, 0.25) is 0 Å². The quantitative estimate of drug-likeness (QED) is 0.728. The zero-order valence-electron chi connectivity index (χ0n) is 13.8. The molecule has 0 saturated carbocycles. The van der Waals surface area contributed by atoms with Gasteiger partial charge in [0.25, 0.3) is 5.91 Å². The largest absolute Gasteiger partial charge is 0.490 e. The summed E-state index contributed by atoms with van der Waals surface area (Å²) in [5.41, 5.74) is 5.99. The lowest BCUT2D eigenvalue weighted by Gasteiger charge is -2.18. The summed E-state index contributed by atoms with van der Waals surface area (Å²) in [7, 11) is 0. The van der Waals surface area contributed by atoms with Gasteiger partial charge in [-0.05, 0) is 39.8 Å². The van der Waals surface area contributed by atoms with Crippen molar-refractivity contribution in [1.29, 1.82) is 0 Å². The Morgan fingerprint density at radius 3 is 2.00 bits per heavy atom. The molecule has 0 unspecified atom stereocenters. The minimum atomic E-state index is -0.220. The van der Waals surface area contributed by atoms with E-state index in [4.69, 9.17) is 19.9 Å². The zero-order chi connectivity index (χ0) is 16.5. The van der Waals surface area contributed by atoms with Gasteiger partial charge >= 0.3 is 0 Å². The molecule has 0 aliphatic rings. The van der Waals surface area contributed by atoms with Crippen LogP contribution < -0.4 is 25.3 Å². The fourth-order valence-electron chi connectivity index (χ4n) is 1.89. The van der Waals surface area contributed by atoms with Crippen LogP contribution >= 0.6 is 0 Å². The second-order valence-corrected chi connectivity index (χ2v) is 4.71. The summed E-state index contributed by atoms with van der Waals surface area (Å²) in [4.78, 5) is 12.3. The molecule has 0 saturated heterocycles. The Balaban J connectivity index is 3.20. The van der Waals surface area contributed by atoms with E-state index in [1.807, 2.05) is 27.7 Å². The summed E-state index contributed by atoms with van der Waals surface area (Å²) in [6.45, 7) is 9.27. The molecule has 0 aliphatic heterocycles. The molecule has 124 valence electrons. The third kappa shape index (κ3) is 4.80. The highest BCUT2D eigenvalue weighted by Gasteiger charge is 2.18. The van der Waals surface area contributed by atoms with Crippen molar-refractivity contribution in [3.05, 3.63) is 17.7 Å². The number of hydrogen-bond donors (Lipinski definition) is 2. The third-order valence-electron chi connectivity index (χ3n) is 2.90. The van der Waals surface area contributed by atoms with Crippen LogP contribution in [0, 0.1) is 0 Å². The SMILES string of the molecule is CCOc1cc(C(=O)N[C@@H](C)CN)cc(OCC)c1OCC. The van der Waals surface area contributed by atoms with Crippen molar-refractivity contribution in [3.8, 4) is 17.2 Å². The molecule has 1 amide bonds. The maximum absolute atomic E-state index is 12.3. The lowest BCUT2D eigenvalue weighted by atomic mass is 10.1. The van der Waals surface area contributed by atoms with Gasteiger partial charge in [0, 0.05) is 18.2 Å². The van der Waals surface area contributed by atoms with Crippen LogP contribution in [0.5, 0.6) is 17.2 Å². The van der Waals surface area contributed by atoms with E-state index >= 15 is 0 Å². The van der Waals surface area contributed by atoms with Crippen LogP contribution in [0.3, 0.4) is 0 Å². The van der Waals surface area contributed by atoms with Crippen LogP contribution in [-0.4, -0.2) is 38.3 Å². The molecule has 1 atom stereocenters. The van der Waals surface area contributed by atoms with Crippen molar-refractivity contribution in [2.24, 2.45) is 5.73 Å². The molecule has 3 N–H and O–H groups in total. The Bertz CT molecular complexity index is 464. The smallest absolute Gasteiger partial charge is 0.251 e. The van der Waals surface area contributed by atoms with E-state index < -0.39 is 0 Å². The van der Waals surface area contributed by atoms with Gasteiger partial charge in [-0.25, -0.2) is 0 Å². The maximum atomic E-state index is 12.3. The minimum Gasteiger partial charge on any atom is -0.490 e. The summed E-state index contributed by atoms with van der Waals surface area (Å²) in [5.74, 6) is 1.30. The monoisotopic (exact) mass is 310 g/mol. The van der Waals surface area contributed by atoms with Gasteiger partial charge in [-0.1, -0.05) is 0 Å². The van der Waals surface area contributed by atoms with Crippen molar-refractivity contribution in [1.82, 2.24) is 5.32 Å². The number of hydrogen-bond acceptors (Lipinski definition) is 5. The highest BCUT2D eigenvalue weighted by molar-refractivity contribution is 5.95. The summed E-state index contributed by atoms with van der Waals surface area (Å²) in [5, 5.41) is 2.82. The van der Waals surface area contributed by atoms with Crippen LogP contribution in [0.1, 0.15) is 38.1 Å². The number of ether oxygens (including phenoxy) is 3. The molecule has 0 aliphatic carbocycles. The van der Waals surface area contributed by atoms with E-state index in [2.05, 4.69) is 5.32 Å². The topological polar surface area (TPSA) is 82.8 Å². The predicted molar refractivity (Wildman–Crippen MR) is 85.9 cm³/mol. The predicted octanol–water partition coefficient (Wildman–Crippen LogP) is 1.96. The number of amides is 1. The highest BCUT2D eigenvalue weighted by atomic mass is 16.5. The Labute approximate surface area is 131 Å². The van der Waals surface area contributed by atoms with Gasteiger partial charge in [-0.2, -0.15) is 0 Å². The second-order valence-electron chi connectivity index (χ2n) is 4.71. The third-order valence-corrected chi connectivity index (χ3v) is 2.90. The molecule has 0 spiro atoms. The molecule has 0 aromatic heterocycles. The van der Waals surface area contributed by atoms with Gasteiger partial charge in [0.2, 0.25) is 5.75 Å². The average molecular weight is 310 g/mol. The number of benzene rings is 1. The lowest BCUT2D eigenvalue weighted by Crippen LogP contribution is -2.37. The number of nitrogens with two attached hydrogens (primary N) is 1. The minimum absolute atomic E-state index is 0.106. The van der Waals surface area contributed by atoms with Crippen LogP contribution in [0.4, 0.5) is 0 Å². The molecular weight excluding hydrogens is 284 g/mol. The van der Waals surface area contributed by atoms with Crippen molar-refractivity contribution < 1.29 is 19.0 Å². The molecule has 6 nitrogen and oxygen atoms in total.